The summed E-state index contributed by atoms with van der Waals surface area (Å²) in [5.74, 6) is 0.428. The van der Waals surface area contributed by atoms with Crippen LogP contribution in [0.2, 0.25) is 0 Å². The largest absolute Gasteiger partial charge is 0.342 e. The van der Waals surface area contributed by atoms with Gasteiger partial charge in [-0.15, -0.1) is 0 Å². The molecule has 1 unspecified atom stereocenters. The average Bonchev–Trinajstić information content (AvgIpc) is 3.11. The number of nitrogens with one attached hydrogen (secondary N) is 1. The number of amides is 2. The van der Waals surface area contributed by atoms with E-state index in [1.807, 2.05) is 11.8 Å². The van der Waals surface area contributed by atoms with E-state index in [1.165, 1.54) is 0 Å². The van der Waals surface area contributed by atoms with E-state index in [-0.39, 0.29) is 17.4 Å². The van der Waals surface area contributed by atoms with E-state index in [1.54, 1.807) is 0 Å². The number of carbonyl (C=O) groups excluding carboxylic acids is 2. The maximum absolute atomic E-state index is 12.8. The first-order chi connectivity index (χ1) is 8.31. The van der Waals surface area contributed by atoms with E-state index in [2.05, 4.69) is 26.1 Å². The standard InChI is InChI=1S/C14H24N2O2/c1-5-13(2,3)16-9-8-11(17)15-14(4,12(16)18)10-6-7-10/h10H,5-9H2,1-4H3,(H,15,17). The van der Waals surface area contributed by atoms with Gasteiger partial charge in [-0.25, -0.2) is 0 Å². The Labute approximate surface area is 109 Å². The summed E-state index contributed by atoms with van der Waals surface area (Å²) in [5, 5.41) is 2.96. The predicted octanol–water partition coefficient (Wildman–Crippen LogP) is 1.69. The monoisotopic (exact) mass is 252 g/mol. The van der Waals surface area contributed by atoms with E-state index in [0.717, 1.165) is 19.3 Å². The third kappa shape index (κ3) is 2.13. The van der Waals surface area contributed by atoms with Gasteiger partial charge >= 0.3 is 0 Å². The normalized spacial score (nSPS) is 30.1. The summed E-state index contributed by atoms with van der Waals surface area (Å²) in [6, 6.07) is 0. The first-order valence-corrected chi connectivity index (χ1v) is 6.94. The van der Waals surface area contributed by atoms with Gasteiger partial charge in [0.15, 0.2) is 0 Å². The summed E-state index contributed by atoms with van der Waals surface area (Å²) in [4.78, 5) is 26.6. The molecular formula is C14H24N2O2. The molecule has 1 heterocycles. The zero-order valence-corrected chi connectivity index (χ0v) is 11.9. The molecule has 1 aliphatic heterocycles. The molecule has 4 heteroatoms. The van der Waals surface area contributed by atoms with Crippen molar-refractivity contribution in [1.29, 1.82) is 0 Å². The molecule has 18 heavy (non-hydrogen) atoms. The van der Waals surface area contributed by atoms with Crippen molar-refractivity contribution in [3.05, 3.63) is 0 Å². The summed E-state index contributed by atoms with van der Waals surface area (Å²) in [7, 11) is 0. The highest BCUT2D eigenvalue weighted by Crippen LogP contribution is 2.42. The minimum absolute atomic E-state index is 0.00662. The maximum atomic E-state index is 12.8. The summed E-state index contributed by atoms with van der Waals surface area (Å²) < 4.78 is 0. The van der Waals surface area contributed by atoms with Gasteiger partial charge < -0.3 is 10.2 Å². The van der Waals surface area contributed by atoms with Crippen molar-refractivity contribution in [1.82, 2.24) is 10.2 Å². The van der Waals surface area contributed by atoms with Crippen molar-refractivity contribution >= 4 is 11.8 Å². The van der Waals surface area contributed by atoms with Gasteiger partial charge in [0.2, 0.25) is 11.8 Å². The lowest BCUT2D eigenvalue weighted by molar-refractivity contribution is -0.144. The van der Waals surface area contributed by atoms with Crippen molar-refractivity contribution in [3.8, 4) is 0 Å². The summed E-state index contributed by atoms with van der Waals surface area (Å²) in [6.45, 7) is 8.67. The fraction of sp³-hybridized carbons (Fsp3) is 0.857. The van der Waals surface area contributed by atoms with Crippen LogP contribution >= 0.6 is 0 Å². The second-order valence-electron chi connectivity index (χ2n) is 6.40. The van der Waals surface area contributed by atoms with Gasteiger partial charge in [-0.1, -0.05) is 6.92 Å². The average molecular weight is 252 g/mol. The topological polar surface area (TPSA) is 49.4 Å². The lowest BCUT2D eigenvalue weighted by Gasteiger charge is -2.41. The molecule has 0 aromatic carbocycles. The first kappa shape index (κ1) is 13.4. The first-order valence-electron chi connectivity index (χ1n) is 6.94. The Morgan fingerprint density at radius 2 is 2.00 bits per heavy atom. The van der Waals surface area contributed by atoms with Crippen LogP contribution in [0.5, 0.6) is 0 Å². The number of rotatable bonds is 3. The van der Waals surface area contributed by atoms with Gasteiger partial charge in [0, 0.05) is 18.5 Å². The van der Waals surface area contributed by atoms with Gasteiger partial charge in [-0.05, 0) is 46.0 Å². The molecule has 0 spiro atoms. The highest BCUT2D eigenvalue weighted by atomic mass is 16.2. The van der Waals surface area contributed by atoms with Crippen molar-refractivity contribution in [2.45, 2.75) is 64.5 Å². The van der Waals surface area contributed by atoms with Gasteiger partial charge in [-0.2, -0.15) is 0 Å². The highest BCUT2D eigenvalue weighted by Gasteiger charge is 2.52. The summed E-state index contributed by atoms with van der Waals surface area (Å²) >= 11 is 0. The van der Waals surface area contributed by atoms with Gasteiger partial charge in [-0.3, -0.25) is 9.59 Å². The van der Waals surface area contributed by atoms with Crippen LogP contribution in [0, 0.1) is 5.92 Å². The Morgan fingerprint density at radius 3 is 2.50 bits per heavy atom. The predicted molar refractivity (Wildman–Crippen MR) is 70.0 cm³/mol. The molecule has 102 valence electrons. The van der Waals surface area contributed by atoms with Crippen molar-refractivity contribution in [3.63, 3.8) is 0 Å². The van der Waals surface area contributed by atoms with Crippen molar-refractivity contribution in [2.24, 2.45) is 5.92 Å². The lowest BCUT2D eigenvalue weighted by atomic mass is 9.90. The zero-order valence-electron chi connectivity index (χ0n) is 11.9. The lowest BCUT2D eigenvalue weighted by Crippen LogP contribution is -2.60. The van der Waals surface area contributed by atoms with Crippen LogP contribution in [-0.2, 0) is 9.59 Å². The fourth-order valence-corrected chi connectivity index (χ4v) is 2.71. The van der Waals surface area contributed by atoms with Crippen LogP contribution in [0.15, 0.2) is 0 Å². The van der Waals surface area contributed by atoms with E-state index in [4.69, 9.17) is 0 Å². The SMILES string of the molecule is CCC(C)(C)N1CCC(=O)NC(C)(C2CC2)C1=O. The molecule has 1 saturated carbocycles. The third-order valence-corrected chi connectivity index (χ3v) is 4.64. The van der Waals surface area contributed by atoms with Crippen LogP contribution in [0.25, 0.3) is 0 Å². The van der Waals surface area contributed by atoms with Crippen LogP contribution in [0.3, 0.4) is 0 Å². The Kier molecular flexibility index (Phi) is 3.16. The zero-order chi connectivity index (χ0) is 13.6. The number of hydrogen-bond donors (Lipinski definition) is 1. The molecule has 0 aromatic rings. The molecule has 0 radical (unpaired) electrons. The van der Waals surface area contributed by atoms with Gasteiger partial charge in [0.25, 0.3) is 0 Å². The number of hydrogen-bond acceptors (Lipinski definition) is 2. The fourth-order valence-electron chi connectivity index (χ4n) is 2.71. The molecule has 0 aromatic heterocycles. The van der Waals surface area contributed by atoms with Crippen LogP contribution in [0.4, 0.5) is 0 Å². The molecule has 2 fully saturated rings. The summed E-state index contributed by atoms with van der Waals surface area (Å²) in [6.07, 6.45) is 3.40. The van der Waals surface area contributed by atoms with E-state index >= 15 is 0 Å². The van der Waals surface area contributed by atoms with Gasteiger partial charge in [0.1, 0.15) is 5.54 Å². The van der Waals surface area contributed by atoms with Crippen LogP contribution in [0.1, 0.15) is 53.4 Å². The Morgan fingerprint density at radius 1 is 1.39 bits per heavy atom. The number of carbonyl (C=O) groups is 2. The second kappa shape index (κ2) is 4.25. The maximum Gasteiger partial charge on any atom is 0.248 e. The van der Waals surface area contributed by atoms with Crippen molar-refractivity contribution < 1.29 is 9.59 Å². The third-order valence-electron chi connectivity index (χ3n) is 4.64. The molecule has 1 N–H and O–H groups in total. The molecule has 1 aliphatic carbocycles. The molecular weight excluding hydrogens is 228 g/mol. The molecule has 0 bridgehead atoms. The van der Waals surface area contributed by atoms with E-state index < -0.39 is 5.54 Å². The van der Waals surface area contributed by atoms with Crippen molar-refractivity contribution in [2.75, 3.05) is 6.54 Å². The smallest absolute Gasteiger partial charge is 0.248 e. The van der Waals surface area contributed by atoms with Crippen LogP contribution < -0.4 is 5.32 Å². The van der Waals surface area contributed by atoms with Gasteiger partial charge in [0.05, 0.1) is 0 Å². The molecule has 2 aliphatic rings. The molecule has 2 amide bonds. The quantitative estimate of drug-likeness (QED) is 0.831. The molecule has 2 rings (SSSR count). The summed E-state index contributed by atoms with van der Waals surface area (Å²) in [5.41, 5.74) is -0.862. The minimum Gasteiger partial charge on any atom is -0.342 e. The number of nitrogens with zero attached hydrogens (tertiary/aromatic N) is 1. The molecule has 4 nitrogen and oxygen atoms in total. The van der Waals surface area contributed by atoms with Crippen LogP contribution in [-0.4, -0.2) is 34.3 Å². The minimum atomic E-state index is -0.681. The van der Waals surface area contributed by atoms with E-state index in [9.17, 15) is 9.59 Å². The Balaban J connectivity index is 2.32. The highest BCUT2D eigenvalue weighted by molar-refractivity contribution is 5.94. The Bertz CT molecular complexity index is 374. The molecule has 1 saturated heterocycles. The van der Waals surface area contributed by atoms with E-state index in [0.29, 0.717) is 18.9 Å². The Hall–Kier alpha value is -1.06. The molecule has 1 atom stereocenters. The second-order valence-corrected chi connectivity index (χ2v) is 6.40.